The van der Waals surface area contributed by atoms with Crippen molar-refractivity contribution in [3.8, 4) is 11.6 Å². The van der Waals surface area contributed by atoms with Crippen molar-refractivity contribution in [1.82, 2.24) is 26.3 Å². The van der Waals surface area contributed by atoms with Gasteiger partial charge in [-0.05, 0) is 56.5 Å². The molecule has 1 saturated carbocycles. The molecule has 2 aromatic rings. The maximum Gasteiger partial charge on any atom is 0.326 e. The van der Waals surface area contributed by atoms with Crippen molar-refractivity contribution in [2.45, 2.75) is 49.2 Å². The molecule has 3 unspecified atom stereocenters. The molecule has 1 aromatic carbocycles. The molecule has 0 radical (unpaired) electrons. The average molecular weight is 547 g/mol. The standard InChI is InChI=1S/C28H30N6O4S/c1-2-21(35)31-16-8-9-17(14-16)32-26(36)25-24-23-20(12-13-29-27(23)39-25)34(28(37)33-24)18-10-11-22(30-15-18)38-19-6-4-3-5-7-19/h2-7,10-11,15-17,20,23,27,29H,1,8-9,12-14H2,(H,31,35)(H,32,36)(H,33,37)/t16-,17-,20?,23?,27?/m0/s1. The third kappa shape index (κ3) is 5.11. The molecule has 3 aliphatic heterocycles. The first-order chi connectivity index (χ1) is 19.0. The topological polar surface area (TPSA) is 125 Å². The van der Waals surface area contributed by atoms with E-state index in [2.05, 4.69) is 32.8 Å². The number of piperidine rings is 1. The van der Waals surface area contributed by atoms with Gasteiger partial charge in [0, 0.05) is 29.8 Å². The molecule has 0 bridgehead atoms. The Hall–Kier alpha value is -3.83. The summed E-state index contributed by atoms with van der Waals surface area (Å²) in [5.74, 6) is 0.703. The lowest BCUT2D eigenvalue weighted by atomic mass is 9.86. The normalized spacial score (nSPS) is 27.4. The number of urea groups is 1. The van der Waals surface area contributed by atoms with Crippen molar-refractivity contribution in [3.63, 3.8) is 0 Å². The molecule has 4 amide bonds. The van der Waals surface area contributed by atoms with E-state index in [1.807, 2.05) is 36.4 Å². The van der Waals surface area contributed by atoms with Gasteiger partial charge < -0.3 is 26.0 Å². The number of hydrogen-bond donors (Lipinski definition) is 4. The predicted octanol–water partition coefficient (Wildman–Crippen LogP) is 3.01. The van der Waals surface area contributed by atoms with Crippen LogP contribution in [-0.2, 0) is 9.59 Å². The predicted molar refractivity (Wildman–Crippen MR) is 148 cm³/mol. The molecule has 11 heteroatoms. The molecular weight excluding hydrogens is 516 g/mol. The van der Waals surface area contributed by atoms with E-state index >= 15 is 0 Å². The number of aromatic nitrogens is 1. The summed E-state index contributed by atoms with van der Waals surface area (Å²) in [5.41, 5.74) is 1.37. The van der Waals surface area contributed by atoms with Gasteiger partial charge >= 0.3 is 6.03 Å². The van der Waals surface area contributed by atoms with Crippen molar-refractivity contribution in [3.05, 3.63) is 71.9 Å². The zero-order chi connectivity index (χ0) is 26.9. The summed E-state index contributed by atoms with van der Waals surface area (Å²) >= 11 is 1.48. The number of nitrogens with zero attached hydrogens (tertiary/aromatic N) is 2. The summed E-state index contributed by atoms with van der Waals surface area (Å²) in [6, 6.07) is 12.6. The highest BCUT2D eigenvalue weighted by Gasteiger charge is 2.52. The van der Waals surface area contributed by atoms with Gasteiger partial charge in [-0.2, -0.15) is 0 Å². The number of thioether (sulfide) groups is 1. The maximum absolute atomic E-state index is 13.4. The molecule has 4 N–H and O–H groups in total. The van der Waals surface area contributed by atoms with Crippen LogP contribution >= 0.6 is 11.8 Å². The molecule has 6 rings (SSSR count). The number of rotatable bonds is 7. The van der Waals surface area contributed by atoms with Gasteiger partial charge in [-0.25, -0.2) is 9.78 Å². The van der Waals surface area contributed by atoms with Crippen LogP contribution in [0.5, 0.6) is 11.6 Å². The number of amides is 4. The molecule has 202 valence electrons. The number of nitrogens with one attached hydrogen (secondary N) is 4. The summed E-state index contributed by atoms with van der Waals surface area (Å²) < 4.78 is 5.80. The Morgan fingerprint density at radius 1 is 1.10 bits per heavy atom. The number of anilines is 1. The Labute approximate surface area is 230 Å². The van der Waals surface area contributed by atoms with E-state index < -0.39 is 0 Å². The second-order valence-corrected chi connectivity index (χ2v) is 11.2. The molecule has 0 spiro atoms. The number of carbonyl (C=O) groups excluding carboxylic acids is 3. The maximum atomic E-state index is 13.4. The van der Waals surface area contributed by atoms with Crippen LogP contribution in [0.4, 0.5) is 10.5 Å². The van der Waals surface area contributed by atoms with E-state index in [4.69, 9.17) is 4.74 Å². The molecular formula is C28H30N6O4S. The molecule has 1 aromatic heterocycles. The van der Waals surface area contributed by atoms with E-state index in [1.54, 1.807) is 17.2 Å². The molecule has 1 aliphatic carbocycles. The lowest BCUT2D eigenvalue weighted by Crippen LogP contribution is -2.62. The van der Waals surface area contributed by atoms with E-state index in [0.29, 0.717) is 34.3 Å². The van der Waals surface area contributed by atoms with Crippen molar-refractivity contribution in [1.29, 1.82) is 0 Å². The highest BCUT2D eigenvalue weighted by Crippen LogP contribution is 2.48. The molecule has 4 aliphatic rings. The van der Waals surface area contributed by atoms with Crippen LogP contribution in [0, 0.1) is 5.92 Å². The van der Waals surface area contributed by atoms with Gasteiger partial charge in [0.2, 0.25) is 11.8 Å². The lowest BCUT2D eigenvalue weighted by molar-refractivity contribution is -0.117. The zero-order valence-electron chi connectivity index (χ0n) is 21.3. The molecule has 3 fully saturated rings. The second-order valence-electron chi connectivity index (χ2n) is 10.1. The van der Waals surface area contributed by atoms with E-state index in [9.17, 15) is 14.4 Å². The summed E-state index contributed by atoms with van der Waals surface area (Å²) in [4.78, 5) is 45.2. The SMILES string of the molecule is C=CC(=O)N[C@H]1CC[C@H](NC(=O)C2=C3NC(=O)N(c4ccc(Oc5ccccc5)nc4)C4CCNC(S2)C34)C1. The van der Waals surface area contributed by atoms with Gasteiger partial charge in [0.25, 0.3) is 5.91 Å². The highest BCUT2D eigenvalue weighted by atomic mass is 32.2. The van der Waals surface area contributed by atoms with Gasteiger partial charge in [-0.3, -0.25) is 14.5 Å². The Bertz CT molecular complexity index is 1320. The fraction of sp³-hybridized carbons (Fsp3) is 0.357. The summed E-state index contributed by atoms with van der Waals surface area (Å²) in [5, 5.41) is 12.6. The fourth-order valence-corrected chi connectivity index (χ4v) is 7.26. The Kier molecular flexibility index (Phi) is 7.01. The number of benzene rings is 1. The monoisotopic (exact) mass is 546 g/mol. The zero-order valence-corrected chi connectivity index (χ0v) is 22.1. The van der Waals surface area contributed by atoms with Gasteiger partial charge in [-0.1, -0.05) is 36.5 Å². The van der Waals surface area contributed by atoms with Gasteiger partial charge in [-0.15, -0.1) is 0 Å². The minimum Gasteiger partial charge on any atom is -0.439 e. The third-order valence-corrected chi connectivity index (χ3v) is 8.97. The summed E-state index contributed by atoms with van der Waals surface area (Å²) in [7, 11) is 0. The number of pyridine rings is 1. The molecule has 2 saturated heterocycles. The Balaban J connectivity index is 1.17. The first-order valence-electron chi connectivity index (χ1n) is 13.2. The second kappa shape index (κ2) is 10.7. The smallest absolute Gasteiger partial charge is 0.326 e. The van der Waals surface area contributed by atoms with E-state index in [-0.39, 0.29) is 47.3 Å². The van der Waals surface area contributed by atoms with Crippen molar-refractivity contribution in [2.75, 3.05) is 11.4 Å². The summed E-state index contributed by atoms with van der Waals surface area (Å²) in [6.45, 7) is 4.23. The van der Waals surface area contributed by atoms with Crippen LogP contribution < -0.4 is 30.9 Å². The molecule has 10 nitrogen and oxygen atoms in total. The molecule has 39 heavy (non-hydrogen) atoms. The van der Waals surface area contributed by atoms with Gasteiger partial charge in [0.15, 0.2) is 0 Å². The third-order valence-electron chi connectivity index (χ3n) is 7.61. The highest BCUT2D eigenvalue weighted by molar-refractivity contribution is 8.04. The van der Waals surface area contributed by atoms with Crippen LogP contribution in [0.15, 0.2) is 71.9 Å². The van der Waals surface area contributed by atoms with Crippen LogP contribution in [-0.4, -0.2) is 52.9 Å². The quantitative estimate of drug-likeness (QED) is 0.394. The van der Waals surface area contributed by atoms with Crippen LogP contribution in [0.25, 0.3) is 0 Å². The Morgan fingerprint density at radius 3 is 2.64 bits per heavy atom. The van der Waals surface area contributed by atoms with Crippen molar-refractivity contribution < 1.29 is 19.1 Å². The number of hydrogen-bond acceptors (Lipinski definition) is 7. The largest absolute Gasteiger partial charge is 0.439 e. The summed E-state index contributed by atoms with van der Waals surface area (Å²) in [6.07, 6.45) is 5.92. The number of carbonyl (C=O) groups is 3. The van der Waals surface area contributed by atoms with Crippen LogP contribution in [0.1, 0.15) is 25.7 Å². The van der Waals surface area contributed by atoms with Gasteiger partial charge in [0.05, 0.1) is 28.2 Å². The van der Waals surface area contributed by atoms with Crippen molar-refractivity contribution >= 4 is 35.3 Å². The lowest BCUT2D eigenvalue weighted by Gasteiger charge is -2.45. The van der Waals surface area contributed by atoms with Crippen molar-refractivity contribution in [2.24, 2.45) is 5.92 Å². The minimum absolute atomic E-state index is 0.0144. The fourth-order valence-electron chi connectivity index (χ4n) is 5.86. The molecule has 4 heterocycles. The van der Waals surface area contributed by atoms with Crippen LogP contribution in [0.3, 0.4) is 0 Å². The molecule has 5 atom stereocenters. The van der Waals surface area contributed by atoms with E-state index in [1.165, 1.54) is 17.8 Å². The number of ether oxygens (including phenoxy) is 1. The minimum atomic E-state index is -0.272. The first-order valence-corrected chi connectivity index (χ1v) is 14.1. The van der Waals surface area contributed by atoms with Crippen LogP contribution in [0.2, 0.25) is 0 Å². The van der Waals surface area contributed by atoms with Gasteiger partial charge in [0.1, 0.15) is 5.75 Å². The average Bonchev–Trinajstić information content (AvgIpc) is 3.55. The Morgan fingerprint density at radius 2 is 1.90 bits per heavy atom. The number of para-hydroxylation sites is 1. The van der Waals surface area contributed by atoms with E-state index in [0.717, 1.165) is 25.8 Å². The first kappa shape index (κ1) is 25.4.